The largest absolute Gasteiger partial charge is 0.480 e. The Labute approximate surface area is 153 Å². The molecule has 4 saturated carbocycles. The Balaban J connectivity index is 1.49. The SMILES string of the molecule is N#Cc1cccc(C[C@@H](NC(=O)C23CC4CC(CC(C4)C2)C3)C(=O)O)c1. The monoisotopic (exact) mass is 352 g/mol. The number of carboxylic acid groups (broad SMARTS) is 1. The summed E-state index contributed by atoms with van der Waals surface area (Å²) in [5.74, 6) is 0.832. The van der Waals surface area contributed by atoms with Gasteiger partial charge in [-0.15, -0.1) is 0 Å². The number of benzene rings is 1. The van der Waals surface area contributed by atoms with Crippen LogP contribution in [0.25, 0.3) is 0 Å². The van der Waals surface area contributed by atoms with E-state index in [-0.39, 0.29) is 17.7 Å². The average Bonchev–Trinajstić information content (AvgIpc) is 2.60. The minimum absolute atomic E-state index is 0.0690. The van der Waals surface area contributed by atoms with Gasteiger partial charge in [0.2, 0.25) is 5.91 Å². The normalized spacial score (nSPS) is 32.7. The number of nitriles is 1. The third kappa shape index (κ3) is 3.09. The van der Waals surface area contributed by atoms with Gasteiger partial charge in [-0.25, -0.2) is 4.79 Å². The number of hydrogen-bond donors (Lipinski definition) is 2. The lowest BCUT2D eigenvalue weighted by molar-refractivity contribution is -0.151. The van der Waals surface area contributed by atoms with Gasteiger partial charge in [-0.1, -0.05) is 12.1 Å². The van der Waals surface area contributed by atoms with Gasteiger partial charge in [-0.05, 0) is 74.0 Å². The molecule has 5 rings (SSSR count). The predicted octanol–water partition coefficient (Wildman–Crippen LogP) is 2.89. The third-order valence-electron chi connectivity index (χ3n) is 6.62. The first-order valence-electron chi connectivity index (χ1n) is 9.50. The zero-order valence-corrected chi connectivity index (χ0v) is 14.8. The second kappa shape index (κ2) is 6.42. The van der Waals surface area contributed by atoms with E-state index in [1.54, 1.807) is 24.3 Å². The molecule has 0 spiro atoms. The first-order valence-corrected chi connectivity index (χ1v) is 9.50. The Morgan fingerprint density at radius 3 is 2.35 bits per heavy atom. The van der Waals surface area contributed by atoms with Gasteiger partial charge in [-0.3, -0.25) is 4.79 Å². The number of carbonyl (C=O) groups is 2. The number of nitrogens with one attached hydrogen (secondary N) is 1. The molecule has 1 atom stereocenters. The molecule has 2 N–H and O–H groups in total. The zero-order chi connectivity index (χ0) is 18.3. The van der Waals surface area contributed by atoms with E-state index < -0.39 is 12.0 Å². The fraction of sp³-hybridized carbons (Fsp3) is 0.571. The van der Waals surface area contributed by atoms with Crippen molar-refractivity contribution in [3.63, 3.8) is 0 Å². The van der Waals surface area contributed by atoms with E-state index in [4.69, 9.17) is 5.26 Å². The van der Waals surface area contributed by atoms with Crippen LogP contribution in [0, 0.1) is 34.5 Å². The van der Waals surface area contributed by atoms with E-state index in [1.807, 2.05) is 0 Å². The van der Waals surface area contributed by atoms with Crippen molar-refractivity contribution in [1.82, 2.24) is 5.32 Å². The molecule has 0 aromatic heterocycles. The molecule has 1 amide bonds. The van der Waals surface area contributed by atoms with E-state index >= 15 is 0 Å². The molecule has 4 fully saturated rings. The van der Waals surface area contributed by atoms with Gasteiger partial charge in [0.1, 0.15) is 6.04 Å². The Morgan fingerprint density at radius 1 is 1.19 bits per heavy atom. The average molecular weight is 352 g/mol. The molecule has 4 aliphatic rings. The predicted molar refractivity (Wildman–Crippen MR) is 95.0 cm³/mol. The summed E-state index contributed by atoms with van der Waals surface area (Å²) in [6.07, 6.45) is 6.69. The van der Waals surface area contributed by atoms with E-state index in [2.05, 4.69) is 11.4 Å². The number of amides is 1. The van der Waals surface area contributed by atoms with Crippen LogP contribution in [0.2, 0.25) is 0 Å². The van der Waals surface area contributed by atoms with Crippen LogP contribution in [0.5, 0.6) is 0 Å². The van der Waals surface area contributed by atoms with Crippen LogP contribution in [-0.2, 0) is 16.0 Å². The number of rotatable bonds is 5. The summed E-state index contributed by atoms with van der Waals surface area (Å²) in [7, 11) is 0. The summed E-state index contributed by atoms with van der Waals surface area (Å²) >= 11 is 0. The smallest absolute Gasteiger partial charge is 0.326 e. The fourth-order valence-electron chi connectivity index (χ4n) is 5.90. The van der Waals surface area contributed by atoms with Gasteiger partial charge >= 0.3 is 5.97 Å². The van der Waals surface area contributed by atoms with Crippen molar-refractivity contribution in [2.75, 3.05) is 0 Å². The number of carboxylic acids is 1. The topological polar surface area (TPSA) is 90.2 Å². The van der Waals surface area contributed by atoms with Crippen LogP contribution in [0.3, 0.4) is 0 Å². The van der Waals surface area contributed by atoms with E-state index in [0.29, 0.717) is 23.3 Å². The van der Waals surface area contributed by atoms with Gasteiger partial charge in [-0.2, -0.15) is 5.26 Å². The summed E-state index contributed by atoms with van der Waals surface area (Å²) in [6, 6.07) is 8.03. The van der Waals surface area contributed by atoms with Crippen LogP contribution in [-0.4, -0.2) is 23.0 Å². The highest BCUT2D eigenvalue weighted by Gasteiger charge is 2.54. The highest BCUT2D eigenvalue weighted by atomic mass is 16.4. The number of nitrogens with zero attached hydrogens (tertiary/aromatic N) is 1. The number of carbonyl (C=O) groups excluding carboxylic acids is 1. The van der Waals surface area contributed by atoms with Gasteiger partial charge < -0.3 is 10.4 Å². The van der Waals surface area contributed by atoms with Crippen LogP contribution < -0.4 is 5.32 Å². The molecule has 1 aromatic rings. The van der Waals surface area contributed by atoms with Crippen LogP contribution in [0.4, 0.5) is 0 Å². The van der Waals surface area contributed by atoms with Crippen LogP contribution in [0.15, 0.2) is 24.3 Å². The molecule has 1 aromatic carbocycles. The van der Waals surface area contributed by atoms with Gasteiger partial charge in [0.05, 0.1) is 11.6 Å². The molecule has 0 saturated heterocycles. The summed E-state index contributed by atoms with van der Waals surface area (Å²) in [4.78, 5) is 24.8. The number of hydrogen-bond acceptors (Lipinski definition) is 3. The molecule has 136 valence electrons. The molecular formula is C21H24N2O3. The molecule has 0 aliphatic heterocycles. The molecular weight excluding hydrogens is 328 g/mol. The summed E-state index contributed by atoms with van der Waals surface area (Å²) in [6.45, 7) is 0. The molecule has 5 heteroatoms. The standard InChI is InChI=1S/C21H24N2O3/c22-12-14-3-1-2-13(4-14)8-18(19(24)25)23-20(26)21-9-15-5-16(10-21)7-17(6-15)11-21/h1-4,15-18H,5-11H2,(H,23,26)(H,24,25)/t15?,16?,17?,18-,21?/m1/s1. The Kier molecular flexibility index (Phi) is 4.22. The Morgan fingerprint density at radius 2 is 1.81 bits per heavy atom. The van der Waals surface area contributed by atoms with Crippen molar-refractivity contribution in [2.45, 2.75) is 51.0 Å². The van der Waals surface area contributed by atoms with Crippen LogP contribution in [0.1, 0.15) is 49.7 Å². The molecule has 4 aliphatic carbocycles. The van der Waals surface area contributed by atoms with E-state index in [0.717, 1.165) is 24.8 Å². The second-order valence-electron chi connectivity index (χ2n) is 8.58. The first kappa shape index (κ1) is 17.1. The molecule has 0 heterocycles. The molecule has 26 heavy (non-hydrogen) atoms. The minimum atomic E-state index is -1.02. The van der Waals surface area contributed by atoms with Crippen molar-refractivity contribution in [3.05, 3.63) is 35.4 Å². The highest BCUT2D eigenvalue weighted by molar-refractivity contribution is 5.88. The first-order chi connectivity index (χ1) is 12.5. The summed E-state index contributed by atoms with van der Waals surface area (Å²) in [5, 5.41) is 21.5. The molecule has 5 nitrogen and oxygen atoms in total. The maximum absolute atomic E-state index is 13.1. The second-order valence-corrected chi connectivity index (χ2v) is 8.58. The minimum Gasteiger partial charge on any atom is -0.480 e. The molecule has 0 radical (unpaired) electrons. The van der Waals surface area contributed by atoms with Crippen molar-refractivity contribution in [1.29, 1.82) is 5.26 Å². The summed E-state index contributed by atoms with van der Waals surface area (Å²) in [5.41, 5.74) is 0.901. The lowest BCUT2D eigenvalue weighted by Crippen LogP contribution is -2.56. The Hall–Kier alpha value is -2.35. The van der Waals surface area contributed by atoms with Crippen molar-refractivity contribution in [2.24, 2.45) is 23.2 Å². The molecule has 4 bridgehead atoms. The van der Waals surface area contributed by atoms with Crippen molar-refractivity contribution >= 4 is 11.9 Å². The zero-order valence-electron chi connectivity index (χ0n) is 14.8. The maximum Gasteiger partial charge on any atom is 0.326 e. The van der Waals surface area contributed by atoms with Gasteiger partial charge in [0, 0.05) is 11.8 Å². The van der Waals surface area contributed by atoms with Crippen LogP contribution >= 0.6 is 0 Å². The van der Waals surface area contributed by atoms with E-state index in [9.17, 15) is 14.7 Å². The lowest BCUT2D eigenvalue weighted by atomic mass is 9.49. The Bertz CT molecular complexity index is 744. The fourth-order valence-corrected chi connectivity index (χ4v) is 5.90. The number of aliphatic carboxylic acids is 1. The summed E-state index contributed by atoms with van der Waals surface area (Å²) < 4.78 is 0. The van der Waals surface area contributed by atoms with Gasteiger partial charge in [0.25, 0.3) is 0 Å². The highest BCUT2D eigenvalue weighted by Crippen LogP contribution is 2.60. The van der Waals surface area contributed by atoms with Crippen molar-refractivity contribution < 1.29 is 14.7 Å². The third-order valence-corrected chi connectivity index (χ3v) is 6.62. The quantitative estimate of drug-likeness (QED) is 0.852. The van der Waals surface area contributed by atoms with E-state index in [1.165, 1.54) is 19.3 Å². The molecule has 0 unspecified atom stereocenters. The maximum atomic E-state index is 13.1. The van der Waals surface area contributed by atoms with Gasteiger partial charge in [0.15, 0.2) is 0 Å². The van der Waals surface area contributed by atoms with Crippen molar-refractivity contribution in [3.8, 4) is 6.07 Å². The lowest BCUT2D eigenvalue weighted by Gasteiger charge is -2.55.